The lowest BCUT2D eigenvalue weighted by Crippen LogP contribution is -2.19. The van der Waals surface area contributed by atoms with E-state index < -0.39 is 0 Å². The number of allylic oxidation sites excluding steroid dienone is 5. The van der Waals surface area contributed by atoms with E-state index in [-0.39, 0.29) is 11.3 Å². The van der Waals surface area contributed by atoms with Gasteiger partial charge < -0.3 is 10.1 Å². The fraction of sp³-hybridized carbons (Fsp3) is 0.364. The number of fused-ring (bicyclic) bond motifs is 1. The average Bonchev–Trinajstić information content (AvgIpc) is 3.26. The Hall–Kier alpha value is -3.11. The summed E-state index contributed by atoms with van der Waals surface area (Å²) in [7, 11) is 0. The van der Waals surface area contributed by atoms with E-state index in [2.05, 4.69) is 64.2 Å². The van der Waals surface area contributed by atoms with E-state index in [1.807, 2.05) is 42.5 Å². The van der Waals surface area contributed by atoms with Crippen molar-refractivity contribution in [2.24, 2.45) is 5.41 Å². The standard InChI is InChI=1S/C33H39NO2S/c1-6-7-19-36-28-15-13-27(14-16-28)34-32(35)26-12-11-25-21-29(37-31(25)22-26)20-23(2)10-17-30-24(3)9-8-18-33(30,4)5/h10-17,20-22H,6-9,18-19H2,1-5H3,(H,34,35)/b17-10?,23-20+. The highest BCUT2D eigenvalue weighted by atomic mass is 32.1. The van der Waals surface area contributed by atoms with Gasteiger partial charge >= 0.3 is 0 Å². The summed E-state index contributed by atoms with van der Waals surface area (Å²) in [4.78, 5) is 14.1. The Bertz CT molecular complexity index is 1340. The van der Waals surface area contributed by atoms with Gasteiger partial charge in [0.25, 0.3) is 5.91 Å². The zero-order chi connectivity index (χ0) is 26.4. The van der Waals surface area contributed by atoms with Gasteiger partial charge in [-0.05, 0) is 110 Å². The van der Waals surface area contributed by atoms with Gasteiger partial charge in [-0.1, -0.05) is 51.0 Å². The van der Waals surface area contributed by atoms with E-state index in [1.165, 1.54) is 40.9 Å². The number of nitrogens with one attached hydrogen (secondary N) is 1. The Labute approximate surface area is 225 Å². The van der Waals surface area contributed by atoms with Crippen molar-refractivity contribution >= 4 is 39.1 Å². The number of hydrogen-bond acceptors (Lipinski definition) is 3. The second-order valence-electron chi connectivity index (χ2n) is 10.7. The Balaban J connectivity index is 1.43. The molecule has 1 N–H and O–H groups in total. The first-order valence-corrected chi connectivity index (χ1v) is 14.2. The number of amides is 1. The van der Waals surface area contributed by atoms with Gasteiger partial charge in [0.15, 0.2) is 0 Å². The van der Waals surface area contributed by atoms with Crippen molar-refractivity contribution in [3.8, 4) is 5.75 Å². The molecule has 4 rings (SSSR count). The fourth-order valence-corrected chi connectivity index (χ4v) is 6.05. The van der Waals surface area contributed by atoms with Gasteiger partial charge in [-0.3, -0.25) is 4.79 Å². The maximum atomic E-state index is 12.9. The second-order valence-corrected chi connectivity index (χ2v) is 11.9. The fourth-order valence-electron chi connectivity index (χ4n) is 4.93. The van der Waals surface area contributed by atoms with Crippen LogP contribution in [0.3, 0.4) is 0 Å². The molecule has 4 heteroatoms. The van der Waals surface area contributed by atoms with E-state index in [0.717, 1.165) is 34.4 Å². The Morgan fingerprint density at radius 2 is 1.92 bits per heavy atom. The summed E-state index contributed by atoms with van der Waals surface area (Å²) in [5.74, 6) is 0.719. The van der Waals surface area contributed by atoms with Crippen LogP contribution in [0.15, 0.2) is 77.4 Å². The predicted molar refractivity (Wildman–Crippen MR) is 160 cm³/mol. The van der Waals surface area contributed by atoms with Crippen LogP contribution in [0.25, 0.3) is 16.2 Å². The van der Waals surface area contributed by atoms with Crippen LogP contribution in [0.2, 0.25) is 0 Å². The molecule has 0 atom stereocenters. The van der Waals surface area contributed by atoms with Crippen molar-refractivity contribution in [1.29, 1.82) is 0 Å². The molecule has 1 aromatic heterocycles. The molecule has 0 bridgehead atoms. The number of benzene rings is 2. The monoisotopic (exact) mass is 513 g/mol. The minimum absolute atomic E-state index is 0.107. The number of unbranched alkanes of at least 4 members (excludes halogenated alkanes) is 1. The summed E-state index contributed by atoms with van der Waals surface area (Å²) < 4.78 is 6.82. The number of hydrogen-bond donors (Lipinski definition) is 1. The Kier molecular flexibility index (Phi) is 8.71. The third kappa shape index (κ3) is 7.01. The minimum atomic E-state index is -0.107. The highest BCUT2D eigenvalue weighted by Crippen LogP contribution is 2.41. The third-order valence-corrected chi connectivity index (χ3v) is 8.15. The van der Waals surface area contributed by atoms with E-state index in [0.29, 0.717) is 12.2 Å². The van der Waals surface area contributed by atoms with Crippen LogP contribution >= 0.6 is 11.3 Å². The zero-order valence-electron chi connectivity index (χ0n) is 22.8. The Morgan fingerprint density at radius 1 is 1.14 bits per heavy atom. The molecular formula is C33H39NO2S. The summed E-state index contributed by atoms with van der Waals surface area (Å²) in [6.45, 7) is 12.0. The third-order valence-electron chi connectivity index (χ3n) is 7.11. The molecule has 194 valence electrons. The van der Waals surface area contributed by atoms with Crippen molar-refractivity contribution in [3.05, 3.63) is 87.8 Å². The summed E-state index contributed by atoms with van der Waals surface area (Å²) >= 11 is 1.72. The summed E-state index contributed by atoms with van der Waals surface area (Å²) in [6, 6.07) is 15.7. The molecule has 1 amide bonds. The van der Waals surface area contributed by atoms with Crippen LogP contribution in [-0.4, -0.2) is 12.5 Å². The first-order valence-electron chi connectivity index (χ1n) is 13.4. The molecule has 37 heavy (non-hydrogen) atoms. The molecule has 1 aliphatic carbocycles. The first kappa shape index (κ1) is 26.9. The van der Waals surface area contributed by atoms with Gasteiger partial charge in [0.05, 0.1) is 6.61 Å². The van der Waals surface area contributed by atoms with Gasteiger partial charge in [-0.25, -0.2) is 0 Å². The van der Waals surface area contributed by atoms with Crippen molar-refractivity contribution in [3.63, 3.8) is 0 Å². The lowest BCUT2D eigenvalue weighted by molar-refractivity contribution is 0.102. The molecule has 2 aromatic carbocycles. The average molecular weight is 514 g/mol. The first-order chi connectivity index (χ1) is 17.7. The molecule has 0 saturated heterocycles. The highest BCUT2D eigenvalue weighted by molar-refractivity contribution is 7.19. The quantitative estimate of drug-likeness (QED) is 0.228. The number of carbonyl (C=O) groups excluding carboxylic acids is 1. The molecule has 1 heterocycles. The predicted octanol–water partition coefficient (Wildman–Crippen LogP) is 9.82. The number of anilines is 1. The molecule has 0 radical (unpaired) electrons. The van der Waals surface area contributed by atoms with Crippen LogP contribution in [0.4, 0.5) is 5.69 Å². The van der Waals surface area contributed by atoms with Gasteiger partial charge in [0, 0.05) is 20.8 Å². The maximum absolute atomic E-state index is 12.9. The molecule has 0 aliphatic heterocycles. The van der Waals surface area contributed by atoms with Crippen LogP contribution < -0.4 is 10.1 Å². The molecule has 3 aromatic rings. The van der Waals surface area contributed by atoms with Gasteiger partial charge in [0.2, 0.25) is 0 Å². The minimum Gasteiger partial charge on any atom is -0.494 e. The largest absolute Gasteiger partial charge is 0.494 e. The van der Waals surface area contributed by atoms with E-state index in [9.17, 15) is 4.79 Å². The number of carbonyl (C=O) groups is 1. The van der Waals surface area contributed by atoms with Crippen LogP contribution in [-0.2, 0) is 0 Å². The van der Waals surface area contributed by atoms with Crippen LogP contribution in [0.1, 0.15) is 82.0 Å². The van der Waals surface area contributed by atoms with E-state index in [1.54, 1.807) is 11.3 Å². The molecule has 3 nitrogen and oxygen atoms in total. The summed E-state index contributed by atoms with van der Waals surface area (Å²) in [6.07, 6.45) is 12.7. The smallest absolute Gasteiger partial charge is 0.255 e. The molecular weight excluding hydrogens is 474 g/mol. The molecule has 0 saturated carbocycles. The molecule has 0 fully saturated rings. The highest BCUT2D eigenvalue weighted by Gasteiger charge is 2.26. The summed E-state index contributed by atoms with van der Waals surface area (Å²) in [5, 5.41) is 4.16. The van der Waals surface area contributed by atoms with Crippen LogP contribution in [0.5, 0.6) is 5.75 Å². The van der Waals surface area contributed by atoms with Crippen molar-refractivity contribution in [2.75, 3.05) is 11.9 Å². The summed E-state index contributed by atoms with van der Waals surface area (Å²) in [5.41, 5.74) is 5.90. The topological polar surface area (TPSA) is 38.3 Å². The zero-order valence-corrected chi connectivity index (χ0v) is 23.6. The van der Waals surface area contributed by atoms with Crippen molar-refractivity contribution in [2.45, 2.75) is 66.7 Å². The van der Waals surface area contributed by atoms with E-state index in [4.69, 9.17) is 4.74 Å². The van der Waals surface area contributed by atoms with Crippen LogP contribution in [0, 0.1) is 5.41 Å². The lowest BCUT2D eigenvalue weighted by Gasteiger charge is -2.32. The lowest BCUT2D eigenvalue weighted by atomic mass is 9.72. The normalized spacial score (nSPS) is 16.0. The maximum Gasteiger partial charge on any atom is 0.255 e. The molecule has 0 spiro atoms. The van der Waals surface area contributed by atoms with E-state index >= 15 is 0 Å². The molecule has 1 aliphatic rings. The number of thiophene rings is 1. The molecule has 0 unspecified atom stereocenters. The number of ether oxygens (including phenoxy) is 1. The SMILES string of the molecule is CCCCOc1ccc(NC(=O)c2ccc3cc(/C=C(\C)C=CC4=C(C)CCCC4(C)C)sc3c2)cc1. The van der Waals surface area contributed by atoms with Gasteiger partial charge in [-0.2, -0.15) is 0 Å². The van der Waals surface area contributed by atoms with Gasteiger partial charge in [-0.15, -0.1) is 11.3 Å². The number of rotatable bonds is 9. The Morgan fingerprint density at radius 3 is 2.65 bits per heavy atom. The van der Waals surface area contributed by atoms with Gasteiger partial charge in [0.1, 0.15) is 5.75 Å². The van der Waals surface area contributed by atoms with Crippen molar-refractivity contribution in [1.82, 2.24) is 0 Å². The second kappa shape index (κ2) is 12.0. The van der Waals surface area contributed by atoms with Crippen molar-refractivity contribution < 1.29 is 9.53 Å².